The minimum Gasteiger partial charge on any atom is -0.494 e. The Morgan fingerprint density at radius 1 is 1.03 bits per heavy atom. The summed E-state index contributed by atoms with van der Waals surface area (Å²) in [5.74, 6) is 0.387. The van der Waals surface area contributed by atoms with E-state index in [0.717, 1.165) is 37.6 Å². The zero-order valence-electron chi connectivity index (χ0n) is 17.9. The van der Waals surface area contributed by atoms with E-state index in [0.29, 0.717) is 42.0 Å². The van der Waals surface area contributed by atoms with Crippen molar-refractivity contribution in [3.05, 3.63) is 69.5 Å². The Hall–Kier alpha value is -3.00. The molecule has 0 saturated carbocycles. The molecule has 0 bridgehead atoms. The van der Waals surface area contributed by atoms with Crippen molar-refractivity contribution in [1.29, 1.82) is 0 Å². The molecular weight excluding hydrogens is 429 g/mol. The van der Waals surface area contributed by atoms with Crippen molar-refractivity contribution in [3.63, 3.8) is 0 Å². The molecule has 2 aromatic carbocycles. The van der Waals surface area contributed by atoms with E-state index in [1.165, 1.54) is 12.1 Å². The number of rotatable bonds is 12. The molecule has 1 heterocycles. The van der Waals surface area contributed by atoms with Gasteiger partial charge in [-0.3, -0.25) is 14.2 Å². The lowest BCUT2D eigenvalue weighted by atomic mass is 10.2. The highest BCUT2D eigenvalue weighted by Gasteiger charge is 2.06. The van der Waals surface area contributed by atoms with Crippen LogP contribution in [0.2, 0.25) is 0 Å². The number of amides is 1. The second kappa shape index (κ2) is 12.1. The molecule has 0 atom stereocenters. The summed E-state index contributed by atoms with van der Waals surface area (Å²) in [4.78, 5) is 27.7. The molecule has 1 aromatic heterocycles. The van der Waals surface area contributed by atoms with Gasteiger partial charge < -0.3 is 15.0 Å². The molecule has 0 aliphatic heterocycles. The van der Waals surface area contributed by atoms with Crippen molar-refractivity contribution in [1.82, 2.24) is 14.9 Å². The Morgan fingerprint density at radius 2 is 1.81 bits per heavy atom. The molecule has 3 aromatic rings. The monoisotopic (exact) mass is 457 g/mol. The molecule has 0 aliphatic rings. The van der Waals surface area contributed by atoms with Crippen LogP contribution in [0.25, 0.3) is 10.9 Å². The molecular formula is C24H28FN3O3S. The van der Waals surface area contributed by atoms with Gasteiger partial charge in [0.15, 0.2) is 4.77 Å². The highest BCUT2D eigenvalue weighted by atomic mass is 32.1. The van der Waals surface area contributed by atoms with Crippen LogP contribution >= 0.6 is 12.2 Å². The van der Waals surface area contributed by atoms with Crippen LogP contribution in [0.3, 0.4) is 0 Å². The summed E-state index contributed by atoms with van der Waals surface area (Å²) in [6.07, 6.45) is 4.47. The number of nitrogens with zero attached hydrogens (tertiary/aromatic N) is 1. The third-order valence-electron chi connectivity index (χ3n) is 5.15. The third kappa shape index (κ3) is 7.02. The molecule has 6 nitrogen and oxygen atoms in total. The number of unbranched alkanes of at least 4 members (excludes halogenated alkanes) is 3. The Morgan fingerprint density at radius 3 is 2.62 bits per heavy atom. The smallest absolute Gasteiger partial charge is 0.262 e. The van der Waals surface area contributed by atoms with Gasteiger partial charge in [-0.1, -0.05) is 18.6 Å². The number of hydrogen-bond acceptors (Lipinski definition) is 4. The Bertz CT molecular complexity index is 1140. The number of halogens is 1. The highest BCUT2D eigenvalue weighted by Crippen LogP contribution is 2.11. The Labute approximate surface area is 191 Å². The number of ether oxygens (including phenoxy) is 1. The normalized spacial score (nSPS) is 10.9. The van der Waals surface area contributed by atoms with E-state index < -0.39 is 0 Å². The fraction of sp³-hybridized carbons (Fsp3) is 0.375. The second-order valence-corrected chi connectivity index (χ2v) is 7.99. The number of hydrogen-bond donors (Lipinski definition) is 2. The van der Waals surface area contributed by atoms with Gasteiger partial charge in [0.25, 0.3) is 5.56 Å². The lowest BCUT2D eigenvalue weighted by Gasteiger charge is -2.09. The van der Waals surface area contributed by atoms with Crippen LogP contribution in [0, 0.1) is 10.6 Å². The van der Waals surface area contributed by atoms with Gasteiger partial charge in [-0.2, -0.15) is 0 Å². The average molecular weight is 458 g/mol. The van der Waals surface area contributed by atoms with Crippen molar-refractivity contribution in [2.24, 2.45) is 0 Å². The molecule has 32 heavy (non-hydrogen) atoms. The number of para-hydroxylation sites is 1. The van der Waals surface area contributed by atoms with Gasteiger partial charge in [0.1, 0.15) is 11.6 Å². The molecule has 0 spiro atoms. The van der Waals surface area contributed by atoms with E-state index in [2.05, 4.69) is 10.3 Å². The number of aromatic nitrogens is 2. The number of carbonyl (C=O) groups excluding carboxylic acids is 1. The lowest BCUT2D eigenvalue weighted by Crippen LogP contribution is -2.24. The van der Waals surface area contributed by atoms with Gasteiger partial charge >= 0.3 is 0 Å². The first-order valence-corrected chi connectivity index (χ1v) is 11.3. The van der Waals surface area contributed by atoms with Crippen LogP contribution in [-0.4, -0.2) is 28.6 Å². The van der Waals surface area contributed by atoms with Crippen LogP contribution in [-0.2, 0) is 11.3 Å². The minimum atomic E-state index is -0.286. The van der Waals surface area contributed by atoms with E-state index >= 15 is 0 Å². The molecule has 0 unspecified atom stereocenters. The second-order valence-electron chi connectivity index (χ2n) is 7.60. The van der Waals surface area contributed by atoms with Crippen molar-refractivity contribution in [2.75, 3.05) is 13.2 Å². The maximum absolute atomic E-state index is 12.8. The summed E-state index contributed by atoms with van der Waals surface area (Å²) in [5, 5.41) is 3.54. The van der Waals surface area contributed by atoms with Crippen LogP contribution in [0.5, 0.6) is 5.75 Å². The lowest BCUT2D eigenvalue weighted by molar-refractivity contribution is -0.121. The summed E-state index contributed by atoms with van der Waals surface area (Å²) >= 11 is 5.32. The first kappa shape index (κ1) is 23.7. The van der Waals surface area contributed by atoms with Crippen molar-refractivity contribution < 1.29 is 13.9 Å². The van der Waals surface area contributed by atoms with Gasteiger partial charge in [0.2, 0.25) is 5.91 Å². The average Bonchev–Trinajstić information content (AvgIpc) is 2.79. The molecule has 0 radical (unpaired) electrons. The standard InChI is InChI=1S/C24H28FN3O3S/c25-18-11-13-19(14-12-18)31-17-7-5-15-26-22(29)10-2-1-6-16-28-23(30)20-8-3-4-9-21(20)27-24(28)32/h3-4,8-9,11-14H,1-2,5-7,10,15-17H2,(H,26,29)(H,27,32). The van der Waals surface area contributed by atoms with E-state index in [4.69, 9.17) is 17.0 Å². The number of H-pyrrole nitrogens is 1. The first-order valence-electron chi connectivity index (χ1n) is 10.9. The largest absolute Gasteiger partial charge is 0.494 e. The van der Waals surface area contributed by atoms with E-state index in [1.807, 2.05) is 18.2 Å². The fourth-order valence-corrected chi connectivity index (χ4v) is 3.68. The molecule has 0 fully saturated rings. The molecule has 0 saturated heterocycles. The quantitative estimate of drug-likeness (QED) is 0.304. The summed E-state index contributed by atoms with van der Waals surface area (Å²) in [5.41, 5.74) is 0.669. The number of aromatic amines is 1. The van der Waals surface area contributed by atoms with Crippen LogP contribution in [0.1, 0.15) is 38.5 Å². The van der Waals surface area contributed by atoms with Crippen molar-refractivity contribution in [2.45, 2.75) is 45.1 Å². The maximum Gasteiger partial charge on any atom is 0.262 e. The van der Waals surface area contributed by atoms with Crippen molar-refractivity contribution >= 4 is 29.0 Å². The number of carbonyl (C=O) groups is 1. The van der Waals surface area contributed by atoms with Gasteiger partial charge in [-0.25, -0.2) is 4.39 Å². The van der Waals surface area contributed by atoms with Crippen molar-refractivity contribution in [3.8, 4) is 5.75 Å². The highest BCUT2D eigenvalue weighted by molar-refractivity contribution is 7.71. The van der Waals surface area contributed by atoms with Gasteiger partial charge in [-0.05, 0) is 74.3 Å². The van der Waals surface area contributed by atoms with Gasteiger partial charge in [0.05, 0.1) is 17.5 Å². The topological polar surface area (TPSA) is 76.1 Å². The van der Waals surface area contributed by atoms with Gasteiger partial charge in [0, 0.05) is 19.5 Å². The minimum absolute atomic E-state index is 0.0321. The zero-order valence-corrected chi connectivity index (χ0v) is 18.8. The molecule has 170 valence electrons. The molecule has 0 aliphatic carbocycles. The van der Waals surface area contributed by atoms with Crippen LogP contribution < -0.4 is 15.6 Å². The fourth-order valence-electron chi connectivity index (χ4n) is 3.40. The number of nitrogens with one attached hydrogen (secondary N) is 2. The van der Waals surface area contributed by atoms with E-state index in [-0.39, 0.29) is 17.3 Å². The van der Waals surface area contributed by atoms with E-state index in [1.54, 1.807) is 22.8 Å². The van der Waals surface area contributed by atoms with Crippen LogP contribution in [0.15, 0.2) is 53.3 Å². The summed E-state index contributed by atoms with van der Waals surface area (Å²) in [6, 6.07) is 13.3. The third-order valence-corrected chi connectivity index (χ3v) is 5.47. The first-order chi connectivity index (χ1) is 15.5. The summed E-state index contributed by atoms with van der Waals surface area (Å²) < 4.78 is 20.4. The Kier molecular flexibility index (Phi) is 8.98. The Balaban J connectivity index is 1.26. The van der Waals surface area contributed by atoms with Crippen LogP contribution in [0.4, 0.5) is 4.39 Å². The predicted molar refractivity (Wildman–Crippen MR) is 126 cm³/mol. The molecule has 2 N–H and O–H groups in total. The SMILES string of the molecule is O=C(CCCCCn1c(=S)[nH]c2ccccc2c1=O)NCCCCOc1ccc(F)cc1. The molecule has 3 rings (SSSR count). The van der Waals surface area contributed by atoms with Gasteiger partial charge in [-0.15, -0.1) is 0 Å². The summed E-state index contributed by atoms with van der Waals surface area (Å²) in [6.45, 7) is 1.67. The molecule has 8 heteroatoms. The maximum atomic E-state index is 12.8. The predicted octanol–water partition coefficient (Wildman–Crippen LogP) is 4.73. The summed E-state index contributed by atoms with van der Waals surface area (Å²) in [7, 11) is 0. The van der Waals surface area contributed by atoms with E-state index in [9.17, 15) is 14.0 Å². The molecule has 1 amide bonds. The zero-order chi connectivity index (χ0) is 22.8. The number of fused-ring (bicyclic) bond motifs is 1. The number of benzene rings is 2.